The number of para-hydroxylation sites is 1. The van der Waals surface area contributed by atoms with Gasteiger partial charge in [0.25, 0.3) is 0 Å². The average molecular weight is 404 g/mol. The summed E-state index contributed by atoms with van der Waals surface area (Å²) in [5.41, 5.74) is 2.11. The third kappa shape index (κ3) is 2.79. The van der Waals surface area contributed by atoms with E-state index in [4.69, 9.17) is 0 Å². The Labute approximate surface area is 178 Å². The lowest BCUT2D eigenvalue weighted by molar-refractivity contribution is -0.127. The van der Waals surface area contributed by atoms with Crippen LogP contribution in [0, 0.1) is 17.8 Å². The molecule has 0 bridgehead atoms. The summed E-state index contributed by atoms with van der Waals surface area (Å²) in [5.74, 6) is -0.452. The molecule has 30 heavy (non-hydrogen) atoms. The number of amides is 2. The number of likely N-dealkylation sites (tertiary alicyclic amines) is 1. The molecule has 5 nitrogen and oxygen atoms in total. The number of benzene rings is 2. The first-order valence-electron chi connectivity index (χ1n) is 11.0. The van der Waals surface area contributed by atoms with Gasteiger partial charge in [0.1, 0.15) is 0 Å². The molecule has 2 amide bonds. The van der Waals surface area contributed by atoms with Crippen LogP contribution < -0.4 is 10.2 Å². The number of anilines is 1. The van der Waals surface area contributed by atoms with Crippen LogP contribution in [0.2, 0.25) is 0 Å². The molecule has 5 heteroatoms. The van der Waals surface area contributed by atoms with Crippen molar-refractivity contribution in [1.29, 1.82) is 0 Å². The molecule has 2 aromatic carbocycles. The van der Waals surface area contributed by atoms with Crippen molar-refractivity contribution in [3.8, 4) is 0 Å². The highest BCUT2D eigenvalue weighted by atomic mass is 16.2. The van der Waals surface area contributed by atoms with Gasteiger partial charge in [-0.2, -0.15) is 0 Å². The lowest BCUT2D eigenvalue weighted by Gasteiger charge is -2.53. The third-order valence-corrected chi connectivity index (χ3v) is 7.75. The zero-order valence-electron chi connectivity index (χ0n) is 17.6. The number of fused-ring (bicyclic) bond motifs is 2. The molecule has 3 fully saturated rings. The van der Waals surface area contributed by atoms with E-state index in [0.717, 1.165) is 25.2 Å². The van der Waals surface area contributed by atoms with Crippen LogP contribution >= 0.6 is 0 Å². The predicted octanol–water partition coefficient (Wildman–Crippen LogP) is 3.24. The smallest absolute Gasteiger partial charge is 0.232 e. The Bertz CT molecular complexity index is 947. The van der Waals surface area contributed by atoms with Crippen molar-refractivity contribution < 1.29 is 9.59 Å². The second kappa shape index (κ2) is 7.24. The van der Waals surface area contributed by atoms with E-state index in [1.54, 1.807) is 0 Å². The first-order chi connectivity index (χ1) is 14.5. The lowest BCUT2D eigenvalue weighted by atomic mass is 9.68. The van der Waals surface area contributed by atoms with Crippen LogP contribution in [-0.2, 0) is 9.59 Å². The maximum absolute atomic E-state index is 12.9. The van der Waals surface area contributed by atoms with Crippen LogP contribution in [0.1, 0.15) is 31.9 Å². The second-order valence-electron chi connectivity index (χ2n) is 9.11. The quantitative estimate of drug-likeness (QED) is 0.800. The van der Waals surface area contributed by atoms with Crippen molar-refractivity contribution in [1.82, 2.24) is 10.2 Å². The van der Waals surface area contributed by atoms with Gasteiger partial charge in [-0.3, -0.25) is 19.8 Å². The molecule has 0 radical (unpaired) electrons. The van der Waals surface area contributed by atoms with Crippen LogP contribution in [0.5, 0.6) is 0 Å². The van der Waals surface area contributed by atoms with Gasteiger partial charge >= 0.3 is 0 Å². The second-order valence-corrected chi connectivity index (χ2v) is 9.11. The lowest BCUT2D eigenvalue weighted by Crippen LogP contribution is -2.62. The van der Waals surface area contributed by atoms with Crippen molar-refractivity contribution in [2.75, 3.05) is 24.5 Å². The Balaban J connectivity index is 1.49. The molecule has 2 unspecified atom stereocenters. The third-order valence-electron chi connectivity index (χ3n) is 7.75. The molecule has 3 saturated heterocycles. The molecule has 0 saturated carbocycles. The van der Waals surface area contributed by atoms with Crippen LogP contribution in [0.25, 0.3) is 0 Å². The van der Waals surface area contributed by atoms with Crippen LogP contribution in [-0.4, -0.2) is 41.9 Å². The van der Waals surface area contributed by atoms with Crippen molar-refractivity contribution in [2.45, 2.75) is 31.8 Å². The Morgan fingerprint density at radius 2 is 1.63 bits per heavy atom. The Hall–Kier alpha value is -2.66. The molecule has 3 aliphatic heterocycles. The highest BCUT2D eigenvalue weighted by Gasteiger charge is 2.65. The Morgan fingerprint density at radius 1 is 0.967 bits per heavy atom. The van der Waals surface area contributed by atoms with E-state index in [9.17, 15) is 9.59 Å². The monoisotopic (exact) mass is 403 g/mol. The summed E-state index contributed by atoms with van der Waals surface area (Å²) in [5, 5.41) is 2.62. The number of carbonyl (C=O) groups excluding carboxylic acids is 2. The van der Waals surface area contributed by atoms with Crippen molar-refractivity contribution in [3.63, 3.8) is 0 Å². The fourth-order valence-corrected chi connectivity index (χ4v) is 6.21. The number of carbonyl (C=O) groups is 2. The van der Waals surface area contributed by atoms with Gasteiger partial charge in [-0.15, -0.1) is 0 Å². The summed E-state index contributed by atoms with van der Waals surface area (Å²) in [6, 6.07) is 21.2. The fourth-order valence-electron chi connectivity index (χ4n) is 6.21. The number of nitrogens with one attached hydrogen (secondary N) is 1. The summed E-state index contributed by atoms with van der Waals surface area (Å²) in [4.78, 5) is 30.4. The topological polar surface area (TPSA) is 52.7 Å². The fraction of sp³-hybridized carbons (Fsp3) is 0.440. The van der Waals surface area contributed by atoms with Crippen LogP contribution in [0.15, 0.2) is 60.7 Å². The highest BCUT2D eigenvalue weighted by molar-refractivity contribution is 6.07. The SMILES string of the molecule is CC1CN([C@H](C)c2ccccc2)CCC12[C@@H]1C(=O)NC(=O)[C@@H]1CN2c1ccccc1. The van der Waals surface area contributed by atoms with E-state index < -0.39 is 0 Å². The van der Waals surface area contributed by atoms with E-state index in [1.807, 2.05) is 18.2 Å². The zero-order chi connectivity index (χ0) is 20.9. The van der Waals surface area contributed by atoms with Crippen LogP contribution in [0.3, 0.4) is 0 Å². The minimum atomic E-state index is -0.324. The molecule has 5 rings (SSSR count). The molecule has 1 spiro atoms. The average Bonchev–Trinajstić information content (AvgIpc) is 3.26. The number of nitrogens with zero attached hydrogens (tertiary/aromatic N) is 2. The maximum atomic E-state index is 12.9. The van der Waals surface area contributed by atoms with E-state index >= 15 is 0 Å². The number of rotatable bonds is 3. The molecule has 3 heterocycles. The Morgan fingerprint density at radius 3 is 2.30 bits per heavy atom. The molecule has 0 aliphatic carbocycles. The van der Waals surface area contributed by atoms with Gasteiger partial charge in [0, 0.05) is 31.4 Å². The van der Waals surface area contributed by atoms with Gasteiger partial charge in [-0.1, -0.05) is 55.5 Å². The first kappa shape index (κ1) is 19.3. The predicted molar refractivity (Wildman–Crippen MR) is 117 cm³/mol. The summed E-state index contributed by atoms with van der Waals surface area (Å²) < 4.78 is 0. The molecule has 1 N–H and O–H groups in total. The Kier molecular flexibility index (Phi) is 4.66. The van der Waals surface area contributed by atoms with Crippen molar-refractivity contribution >= 4 is 17.5 Å². The molecule has 5 atom stereocenters. The minimum Gasteiger partial charge on any atom is -0.364 e. The van der Waals surface area contributed by atoms with Crippen molar-refractivity contribution in [2.24, 2.45) is 17.8 Å². The molecular formula is C25H29N3O2. The van der Waals surface area contributed by atoms with E-state index in [0.29, 0.717) is 12.6 Å². The molecule has 0 aromatic heterocycles. The summed E-state index contributed by atoms with van der Waals surface area (Å²) >= 11 is 0. The first-order valence-corrected chi connectivity index (χ1v) is 11.0. The van der Waals surface area contributed by atoms with E-state index in [1.165, 1.54) is 5.56 Å². The van der Waals surface area contributed by atoms with Gasteiger partial charge in [0.15, 0.2) is 0 Å². The normalized spacial score (nSPS) is 32.3. The van der Waals surface area contributed by atoms with Gasteiger partial charge in [0.2, 0.25) is 11.8 Å². The number of hydrogen-bond acceptors (Lipinski definition) is 4. The zero-order valence-corrected chi connectivity index (χ0v) is 17.6. The molecule has 2 aromatic rings. The molecule has 156 valence electrons. The molecular weight excluding hydrogens is 374 g/mol. The maximum Gasteiger partial charge on any atom is 0.232 e. The largest absolute Gasteiger partial charge is 0.364 e. The van der Waals surface area contributed by atoms with Gasteiger partial charge in [-0.05, 0) is 37.0 Å². The number of imide groups is 1. The summed E-state index contributed by atoms with van der Waals surface area (Å²) in [6.45, 7) is 6.96. The van der Waals surface area contributed by atoms with Gasteiger partial charge < -0.3 is 4.90 Å². The highest BCUT2D eigenvalue weighted by Crippen LogP contribution is 2.52. The standard InChI is InChI=1S/C25H29N3O2/c1-17-15-27(18(2)19-9-5-3-6-10-19)14-13-25(17)22-21(23(29)26-24(22)30)16-28(25)20-11-7-4-8-12-20/h3-12,17-18,21-22H,13-16H2,1-2H3,(H,26,29,30)/t17?,18-,21-,22+,25?/m1/s1. The van der Waals surface area contributed by atoms with E-state index in [2.05, 4.69) is 71.4 Å². The molecule has 3 aliphatic rings. The van der Waals surface area contributed by atoms with Gasteiger partial charge in [0.05, 0.1) is 17.4 Å². The minimum absolute atomic E-state index is 0.0835. The van der Waals surface area contributed by atoms with Crippen molar-refractivity contribution in [3.05, 3.63) is 66.2 Å². The van der Waals surface area contributed by atoms with E-state index in [-0.39, 0.29) is 35.1 Å². The summed E-state index contributed by atoms with van der Waals surface area (Å²) in [6.07, 6.45) is 0.877. The van der Waals surface area contributed by atoms with Gasteiger partial charge in [-0.25, -0.2) is 0 Å². The number of hydrogen-bond donors (Lipinski definition) is 1. The van der Waals surface area contributed by atoms with Crippen LogP contribution in [0.4, 0.5) is 5.69 Å². The number of piperidine rings is 1. The summed E-state index contributed by atoms with van der Waals surface area (Å²) in [7, 11) is 0.